The van der Waals surface area contributed by atoms with Crippen molar-refractivity contribution in [3.05, 3.63) is 107 Å². The van der Waals surface area contributed by atoms with E-state index < -0.39 is 35.1 Å². The van der Waals surface area contributed by atoms with Gasteiger partial charge in [0.25, 0.3) is 0 Å². The molecule has 0 spiro atoms. The number of halogens is 7. The lowest BCUT2D eigenvalue weighted by molar-refractivity contribution is -0.143. The molecule has 0 aliphatic carbocycles. The number of aliphatic hydroxyl groups is 1. The maximum absolute atomic E-state index is 13.0. The number of hydrogen-bond acceptors (Lipinski definition) is 3. The summed E-state index contributed by atoms with van der Waals surface area (Å²) in [5.74, 6) is -0.221. The number of alkyl halides is 6. The quantitative estimate of drug-likeness (QED) is 0.221. The molecule has 2 aromatic carbocycles. The van der Waals surface area contributed by atoms with Crippen LogP contribution in [-0.2, 0) is 23.6 Å². The fraction of sp³-hybridized carbons (Fsp3) is 0.419. The van der Waals surface area contributed by atoms with Crippen molar-refractivity contribution >= 4 is 0 Å². The van der Waals surface area contributed by atoms with Crippen LogP contribution in [0.5, 0.6) is 0 Å². The highest BCUT2D eigenvalue weighted by Gasteiger charge is 2.37. The zero-order valence-corrected chi connectivity index (χ0v) is 24.3. The van der Waals surface area contributed by atoms with E-state index in [-0.39, 0.29) is 17.9 Å². The van der Waals surface area contributed by atoms with Crippen LogP contribution < -0.4 is 0 Å². The standard InChI is InChI=1S/C19H26FNO.C10H8F6O.C2H6/c1-5-18(13-12-16(3)20)19(15-22-4)21(6-2)14-17-10-8-7-9-11-17;1-5(17)6-2-7(9(11,12)13)4-8(3-6)10(14,15)16;1-2/h5,7-13,19H,1,6,14-15H2,2-4H3;2-5,17H,1H3;1-2H3/b16-12+,18-13+;;. The van der Waals surface area contributed by atoms with Gasteiger partial charge < -0.3 is 9.84 Å². The maximum atomic E-state index is 13.0. The molecule has 0 saturated carbocycles. The van der Waals surface area contributed by atoms with Gasteiger partial charge in [-0.1, -0.05) is 69.8 Å². The first-order valence-electron chi connectivity index (χ1n) is 13.0. The van der Waals surface area contributed by atoms with Crippen LogP contribution in [-0.4, -0.2) is 36.3 Å². The van der Waals surface area contributed by atoms with Gasteiger partial charge in [-0.25, -0.2) is 4.39 Å². The Balaban J connectivity index is 0.000000757. The first-order chi connectivity index (χ1) is 19.1. The topological polar surface area (TPSA) is 32.7 Å². The molecule has 10 heteroatoms. The fourth-order valence-electron chi connectivity index (χ4n) is 3.58. The molecular weight excluding hydrogens is 551 g/mol. The van der Waals surface area contributed by atoms with Gasteiger partial charge in [0.05, 0.1) is 35.7 Å². The van der Waals surface area contributed by atoms with E-state index in [4.69, 9.17) is 9.84 Å². The van der Waals surface area contributed by atoms with E-state index in [2.05, 4.69) is 30.5 Å². The number of hydrogen-bond donors (Lipinski definition) is 1. The molecule has 2 aromatic rings. The lowest BCUT2D eigenvalue weighted by Gasteiger charge is -2.31. The molecule has 0 bridgehead atoms. The zero-order chi connectivity index (χ0) is 31.8. The molecule has 1 N–H and O–H groups in total. The Kier molecular flexibility index (Phi) is 17.1. The Bertz CT molecular complexity index is 1060. The highest BCUT2D eigenvalue weighted by atomic mass is 19.4. The molecule has 0 radical (unpaired) electrons. The molecule has 2 atom stereocenters. The third-order valence-corrected chi connectivity index (χ3v) is 5.62. The van der Waals surface area contributed by atoms with E-state index in [9.17, 15) is 30.7 Å². The molecule has 0 aromatic heterocycles. The van der Waals surface area contributed by atoms with E-state index in [1.807, 2.05) is 32.0 Å². The maximum Gasteiger partial charge on any atom is 0.416 e. The molecule has 0 fully saturated rings. The van der Waals surface area contributed by atoms with Gasteiger partial charge in [0.15, 0.2) is 0 Å². The number of allylic oxidation sites excluding steroid dienone is 3. The third-order valence-electron chi connectivity index (χ3n) is 5.62. The molecular formula is C31H40F7NO2. The van der Waals surface area contributed by atoms with Gasteiger partial charge in [-0.2, -0.15) is 26.3 Å². The van der Waals surface area contributed by atoms with Crippen LogP contribution >= 0.6 is 0 Å². The lowest BCUT2D eigenvalue weighted by Crippen LogP contribution is -2.39. The summed E-state index contributed by atoms with van der Waals surface area (Å²) < 4.78 is 92.5. The van der Waals surface area contributed by atoms with Crippen LogP contribution in [0.15, 0.2) is 84.7 Å². The molecule has 3 nitrogen and oxygen atoms in total. The molecule has 2 unspecified atom stereocenters. The Morgan fingerprint density at radius 2 is 1.49 bits per heavy atom. The number of rotatable bonds is 10. The highest BCUT2D eigenvalue weighted by Crippen LogP contribution is 2.37. The van der Waals surface area contributed by atoms with Crippen molar-refractivity contribution in [3.63, 3.8) is 0 Å². The van der Waals surface area contributed by atoms with Crippen molar-refractivity contribution < 1.29 is 40.6 Å². The summed E-state index contributed by atoms with van der Waals surface area (Å²) in [5, 5.41) is 9.07. The number of ether oxygens (including phenoxy) is 1. The second kappa shape index (κ2) is 18.5. The summed E-state index contributed by atoms with van der Waals surface area (Å²) in [6.07, 6.45) is -6.15. The Hall–Kier alpha value is -2.95. The van der Waals surface area contributed by atoms with Crippen molar-refractivity contribution in [1.29, 1.82) is 0 Å². The van der Waals surface area contributed by atoms with Crippen molar-refractivity contribution in [2.45, 2.75) is 65.7 Å². The first-order valence-corrected chi connectivity index (χ1v) is 13.0. The molecule has 2 rings (SSSR count). The summed E-state index contributed by atoms with van der Waals surface area (Å²) >= 11 is 0. The van der Waals surface area contributed by atoms with Crippen molar-refractivity contribution in [2.75, 3.05) is 20.3 Å². The number of likely N-dealkylation sites (N-methyl/N-ethyl adjacent to an activating group) is 1. The molecule has 0 aliphatic rings. The predicted octanol–water partition coefficient (Wildman–Crippen LogP) is 9.31. The number of nitrogens with zero attached hydrogens (tertiary/aromatic N) is 1. The van der Waals surface area contributed by atoms with Gasteiger partial charge in [-0.3, -0.25) is 4.90 Å². The van der Waals surface area contributed by atoms with Crippen molar-refractivity contribution in [3.8, 4) is 0 Å². The monoisotopic (exact) mass is 591 g/mol. The average Bonchev–Trinajstić information content (AvgIpc) is 2.92. The molecule has 0 saturated heterocycles. The highest BCUT2D eigenvalue weighted by molar-refractivity contribution is 5.34. The molecule has 0 aliphatic heterocycles. The van der Waals surface area contributed by atoms with Crippen LogP contribution in [0, 0.1) is 0 Å². The Labute approximate surface area is 238 Å². The summed E-state index contributed by atoms with van der Waals surface area (Å²) in [5.41, 5.74) is -1.08. The van der Waals surface area contributed by atoms with Crippen LogP contribution in [0.3, 0.4) is 0 Å². The smallest absolute Gasteiger partial charge is 0.389 e. The average molecular weight is 592 g/mol. The van der Waals surface area contributed by atoms with E-state index in [0.717, 1.165) is 25.6 Å². The SMILES string of the molecule is C=C/C(=C\C=C(/C)F)C(COC)N(CC)Cc1ccccc1.CC.CC(O)c1cc(C(F)(F)F)cc(C(F)(F)F)c1. The molecule has 41 heavy (non-hydrogen) atoms. The normalized spacial score (nSPS) is 13.9. The lowest BCUT2D eigenvalue weighted by atomic mass is 10.0. The van der Waals surface area contributed by atoms with E-state index in [0.29, 0.717) is 18.7 Å². The van der Waals surface area contributed by atoms with Crippen molar-refractivity contribution in [1.82, 2.24) is 4.90 Å². The summed E-state index contributed by atoms with van der Waals surface area (Å²) in [6.45, 7) is 14.7. The van der Waals surface area contributed by atoms with Gasteiger partial charge in [0, 0.05) is 13.7 Å². The molecule has 230 valence electrons. The van der Waals surface area contributed by atoms with Crippen molar-refractivity contribution in [2.24, 2.45) is 0 Å². The van der Waals surface area contributed by atoms with Gasteiger partial charge in [0.1, 0.15) is 0 Å². The summed E-state index contributed by atoms with van der Waals surface area (Å²) in [4.78, 5) is 2.30. The number of aliphatic hydroxyl groups excluding tert-OH is 1. The Morgan fingerprint density at radius 1 is 0.976 bits per heavy atom. The summed E-state index contributed by atoms with van der Waals surface area (Å²) in [6, 6.07) is 11.4. The molecule has 0 heterocycles. The van der Waals surface area contributed by atoms with Gasteiger partial charge in [-0.15, -0.1) is 0 Å². The fourth-order valence-corrected chi connectivity index (χ4v) is 3.58. The van der Waals surface area contributed by atoms with Crippen LogP contribution in [0.2, 0.25) is 0 Å². The second-order valence-corrected chi connectivity index (χ2v) is 8.66. The van der Waals surface area contributed by atoms with Crippen LogP contribution in [0.4, 0.5) is 30.7 Å². The largest absolute Gasteiger partial charge is 0.416 e. The first kappa shape index (κ1) is 38.1. The minimum atomic E-state index is -4.88. The van der Waals surface area contributed by atoms with Gasteiger partial charge in [-0.05, 0) is 61.4 Å². The van der Waals surface area contributed by atoms with Crippen LogP contribution in [0.25, 0.3) is 0 Å². The minimum absolute atomic E-state index is 0.0197. The number of benzene rings is 2. The third kappa shape index (κ3) is 14.0. The predicted molar refractivity (Wildman–Crippen MR) is 150 cm³/mol. The Morgan fingerprint density at radius 3 is 1.85 bits per heavy atom. The van der Waals surface area contributed by atoms with Crippen LogP contribution in [0.1, 0.15) is 63.0 Å². The molecule has 0 amide bonds. The number of methoxy groups -OCH3 is 1. The summed E-state index contributed by atoms with van der Waals surface area (Å²) in [7, 11) is 1.68. The minimum Gasteiger partial charge on any atom is -0.389 e. The van der Waals surface area contributed by atoms with Gasteiger partial charge >= 0.3 is 12.4 Å². The van der Waals surface area contributed by atoms with E-state index in [1.165, 1.54) is 18.6 Å². The van der Waals surface area contributed by atoms with E-state index >= 15 is 0 Å². The second-order valence-electron chi connectivity index (χ2n) is 8.66. The van der Waals surface area contributed by atoms with Gasteiger partial charge in [0.2, 0.25) is 0 Å². The van der Waals surface area contributed by atoms with E-state index in [1.54, 1.807) is 19.3 Å². The zero-order valence-electron chi connectivity index (χ0n) is 24.3.